The van der Waals surface area contributed by atoms with Crippen LogP contribution in [0.3, 0.4) is 0 Å². The molecule has 138 valence electrons. The van der Waals surface area contributed by atoms with Gasteiger partial charge in [-0.1, -0.05) is 22.9 Å². The van der Waals surface area contributed by atoms with Gasteiger partial charge in [0.15, 0.2) is 0 Å². The van der Waals surface area contributed by atoms with Gasteiger partial charge in [0, 0.05) is 24.4 Å². The Kier molecular flexibility index (Phi) is 4.23. The fourth-order valence-corrected chi connectivity index (χ4v) is 4.59. The Hall–Kier alpha value is -3.07. The topological polar surface area (TPSA) is 106 Å². The molecule has 9 heteroatoms. The molecule has 3 aromatic rings. The lowest BCUT2D eigenvalue weighted by atomic mass is 10.2. The maximum absolute atomic E-state index is 13.0. The van der Waals surface area contributed by atoms with Crippen LogP contribution in [-0.4, -0.2) is 33.8 Å². The molecule has 0 spiro atoms. The lowest BCUT2D eigenvalue weighted by molar-refractivity contribution is -0.124. The van der Waals surface area contributed by atoms with E-state index in [0.717, 1.165) is 9.87 Å². The molecule has 1 saturated heterocycles. The lowest BCUT2D eigenvalue weighted by Crippen LogP contribution is -2.34. The van der Waals surface area contributed by atoms with Crippen molar-refractivity contribution in [3.8, 4) is 11.4 Å². The van der Waals surface area contributed by atoms with Crippen LogP contribution in [0.25, 0.3) is 11.4 Å². The number of benzene rings is 1. The highest BCUT2D eigenvalue weighted by Gasteiger charge is 2.44. The first kappa shape index (κ1) is 17.3. The van der Waals surface area contributed by atoms with E-state index in [0.29, 0.717) is 17.8 Å². The maximum Gasteiger partial charge on any atom is 0.267 e. The fraction of sp³-hybridized carbons (Fsp3) is 0.222. The van der Waals surface area contributed by atoms with Gasteiger partial charge in [-0.05, 0) is 37.6 Å². The molecule has 0 N–H and O–H groups in total. The van der Waals surface area contributed by atoms with Gasteiger partial charge in [-0.2, -0.15) is 4.98 Å². The van der Waals surface area contributed by atoms with Crippen molar-refractivity contribution in [1.82, 2.24) is 19.4 Å². The first-order valence-electron chi connectivity index (χ1n) is 8.35. The average Bonchev–Trinajstić information content (AvgIpc) is 3.30. The van der Waals surface area contributed by atoms with Crippen LogP contribution in [0, 0.1) is 6.92 Å². The van der Waals surface area contributed by atoms with Crippen molar-refractivity contribution in [2.75, 3.05) is 0 Å². The van der Waals surface area contributed by atoms with Crippen LogP contribution < -0.4 is 0 Å². The average molecular weight is 384 g/mol. The number of rotatable bonds is 4. The van der Waals surface area contributed by atoms with Crippen molar-refractivity contribution >= 4 is 15.9 Å². The molecule has 0 saturated carbocycles. The van der Waals surface area contributed by atoms with Crippen LogP contribution in [0.15, 0.2) is 58.2 Å². The molecular weight excluding hydrogens is 368 g/mol. The Morgan fingerprint density at radius 1 is 1.19 bits per heavy atom. The Bertz CT molecular complexity index is 1080. The van der Waals surface area contributed by atoms with Gasteiger partial charge in [-0.25, -0.2) is 12.7 Å². The molecule has 1 aromatic carbocycles. The number of aryl methyl sites for hydroxylation is 1. The van der Waals surface area contributed by atoms with Crippen LogP contribution in [0.2, 0.25) is 0 Å². The number of aromatic nitrogens is 3. The van der Waals surface area contributed by atoms with Crippen LogP contribution in [0.1, 0.15) is 30.3 Å². The predicted molar refractivity (Wildman–Crippen MR) is 94.7 cm³/mol. The Morgan fingerprint density at radius 3 is 2.67 bits per heavy atom. The summed E-state index contributed by atoms with van der Waals surface area (Å²) in [6, 6.07) is 9.04. The van der Waals surface area contributed by atoms with Crippen molar-refractivity contribution in [2.24, 2.45) is 0 Å². The maximum atomic E-state index is 13.0. The van der Waals surface area contributed by atoms with Crippen molar-refractivity contribution in [3.05, 3.63) is 60.2 Å². The molecule has 3 heterocycles. The zero-order valence-electron chi connectivity index (χ0n) is 14.4. The predicted octanol–water partition coefficient (Wildman–Crippen LogP) is 2.49. The summed E-state index contributed by atoms with van der Waals surface area (Å²) in [5.74, 6) is -0.0952. The molecule has 8 nitrogen and oxygen atoms in total. The van der Waals surface area contributed by atoms with Gasteiger partial charge < -0.3 is 4.52 Å². The zero-order valence-corrected chi connectivity index (χ0v) is 15.3. The normalized spacial score (nSPS) is 17.4. The molecule has 1 unspecified atom stereocenters. The van der Waals surface area contributed by atoms with Gasteiger partial charge in [-0.3, -0.25) is 9.78 Å². The summed E-state index contributed by atoms with van der Waals surface area (Å²) in [4.78, 5) is 20.7. The summed E-state index contributed by atoms with van der Waals surface area (Å²) < 4.78 is 32.2. The highest BCUT2D eigenvalue weighted by Crippen LogP contribution is 2.37. The number of carbonyl (C=O) groups excluding carboxylic acids is 1. The van der Waals surface area contributed by atoms with E-state index in [-0.39, 0.29) is 17.2 Å². The van der Waals surface area contributed by atoms with Crippen LogP contribution in [0.5, 0.6) is 0 Å². The third-order valence-corrected chi connectivity index (χ3v) is 6.23. The molecule has 4 rings (SSSR count). The monoisotopic (exact) mass is 384 g/mol. The van der Waals surface area contributed by atoms with Gasteiger partial charge in [0.05, 0.1) is 4.90 Å². The molecule has 1 aliphatic rings. The van der Waals surface area contributed by atoms with Crippen molar-refractivity contribution in [3.63, 3.8) is 0 Å². The summed E-state index contributed by atoms with van der Waals surface area (Å²) in [5.41, 5.74) is 1.57. The van der Waals surface area contributed by atoms with Gasteiger partial charge in [-0.15, -0.1) is 0 Å². The second-order valence-electron chi connectivity index (χ2n) is 6.26. The van der Waals surface area contributed by atoms with Crippen molar-refractivity contribution in [1.29, 1.82) is 0 Å². The summed E-state index contributed by atoms with van der Waals surface area (Å²) in [5, 5.41) is 3.90. The molecule has 1 atom stereocenters. The molecule has 2 aromatic heterocycles. The molecular formula is C18H16N4O4S. The minimum absolute atomic E-state index is 0.0559. The highest BCUT2D eigenvalue weighted by atomic mass is 32.2. The van der Waals surface area contributed by atoms with E-state index in [1.54, 1.807) is 36.7 Å². The van der Waals surface area contributed by atoms with E-state index in [1.807, 2.05) is 6.92 Å². The molecule has 0 aliphatic carbocycles. The highest BCUT2D eigenvalue weighted by molar-refractivity contribution is 7.89. The third kappa shape index (κ3) is 3.10. The number of carbonyl (C=O) groups is 1. The van der Waals surface area contributed by atoms with E-state index >= 15 is 0 Å². The summed E-state index contributed by atoms with van der Waals surface area (Å²) in [6.45, 7) is 1.86. The summed E-state index contributed by atoms with van der Waals surface area (Å²) in [6.07, 6.45) is 3.59. The summed E-state index contributed by atoms with van der Waals surface area (Å²) in [7, 11) is -4.01. The number of hydrogen-bond acceptors (Lipinski definition) is 7. The lowest BCUT2D eigenvalue weighted by Gasteiger charge is -2.21. The molecule has 27 heavy (non-hydrogen) atoms. The van der Waals surface area contributed by atoms with E-state index in [1.165, 1.54) is 12.1 Å². The quantitative estimate of drug-likeness (QED) is 0.680. The van der Waals surface area contributed by atoms with Crippen LogP contribution >= 0.6 is 0 Å². The molecule has 1 amide bonds. The minimum Gasteiger partial charge on any atom is -0.337 e. The van der Waals surface area contributed by atoms with Gasteiger partial charge in [0.25, 0.3) is 15.9 Å². The van der Waals surface area contributed by atoms with Crippen LogP contribution in [-0.2, 0) is 14.8 Å². The molecule has 0 bridgehead atoms. The third-order valence-electron chi connectivity index (χ3n) is 4.38. The molecule has 0 radical (unpaired) electrons. The number of nitrogens with zero attached hydrogens (tertiary/aromatic N) is 4. The van der Waals surface area contributed by atoms with Gasteiger partial charge in [0.2, 0.25) is 11.7 Å². The summed E-state index contributed by atoms with van der Waals surface area (Å²) >= 11 is 0. The standard InChI is InChI=1S/C18H16N4O4S/c1-12-4-6-14(7-5-12)27(24,25)22-15(8-9-16(22)23)18-20-17(21-26-18)13-3-2-10-19-11-13/h2-7,10-11,15H,8-9H2,1H3. The van der Waals surface area contributed by atoms with E-state index in [9.17, 15) is 13.2 Å². The Labute approximate surface area is 155 Å². The number of sulfonamides is 1. The molecule has 1 fully saturated rings. The first-order chi connectivity index (χ1) is 13.0. The van der Waals surface area contributed by atoms with Crippen molar-refractivity contribution in [2.45, 2.75) is 30.7 Å². The minimum atomic E-state index is -4.01. The second-order valence-corrected chi connectivity index (χ2v) is 8.07. The SMILES string of the molecule is Cc1ccc(S(=O)(=O)N2C(=O)CCC2c2nc(-c3cccnc3)no2)cc1. The van der Waals surface area contributed by atoms with E-state index in [4.69, 9.17) is 4.52 Å². The number of pyridine rings is 1. The van der Waals surface area contributed by atoms with E-state index < -0.39 is 22.0 Å². The van der Waals surface area contributed by atoms with E-state index in [2.05, 4.69) is 15.1 Å². The second kappa shape index (κ2) is 6.58. The Balaban J connectivity index is 1.70. The number of hydrogen-bond donors (Lipinski definition) is 0. The van der Waals surface area contributed by atoms with Gasteiger partial charge >= 0.3 is 0 Å². The number of amides is 1. The van der Waals surface area contributed by atoms with Crippen molar-refractivity contribution < 1.29 is 17.7 Å². The zero-order chi connectivity index (χ0) is 19.0. The molecule has 1 aliphatic heterocycles. The first-order valence-corrected chi connectivity index (χ1v) is 9.79. The van der Waals surface area contributed by atoms with Crippen LogP contribution in [0.4, 0.5) is 0 Å². The largest absolute Gasteiger partial charge is 0.337 e. The fourth-order valence-electron chi connectivity index (χ4n) is 2.99. The smallest absolute Gasteiger partial charge is 0.267 e. The Morgan fingerprint density at radius 2 is 1.96 bits per heavy atom. The van der Waals surface area contributed by atoms with Gasteiger partial charge in [0.1, 0.15) is 6.04 Å².